The van der Waals surface area contributed by atoms with Crippen LogP contribution in [0, 0.1) is 0 Å². The third-order valence-corrected chi connectivity index (χ3v) is 4.40. The summed E-state index contributed by atoms with van der Waals surface area (Å²) in [4.78, 5) is 25.1. The first-order valence-corrected chi connectivity index (χ1v) is 8.24. The molecule has 0 aromatic carbocycles. The number of ether oxygens (including phenoxy) is 1. The smallest absolute Gasteiger partial charge is 0.234 e. The average molecular weight is 319 g/mol. The van der Waals surface area contributed by atoms with Gasteiger partial charge < -0.3 is 15.0 Å². The summed E-state index contributed by atoms with van der Waals surface area (Å²) in [5.41, 5.74) is 2.23. The van der Waals surface area contributed by atoms with Crippen LogP contribution in [0.15, 0.2) is 6.33 Å². The van der Waals surface area contributed by atoms with Crippen molar-refractivity contribution in [1.29, 1.82) is 0 Å². The maximum Gasteiger partial charge on any atom is 0.234 e. The lowest BCUT2D eigenvalue weighted by Gasteiger charge is -2.29. The van der Waals surface area contributed by atoms with Gasteiger partial charge in [0.1, 0.15) is 12.1 Å². The number of hydrogen-bond acceptors (Lipinski definition) is 6. The molecule has 0 radical (unpaired) electrons. The van der Waals surface area contributed by atoms with E-state index in [9.17, 15) is 4.79 Å². The molecule has 126 valence electrons. The van der Waals surface area contributed by atoms with E-state index < -0.39 is 0 Å². The molecule has 0 unspecified atom stereocenters. The molecule has 3 heterocycles. The Kier molecular flexibility index (Phi) is 5.07. The van der Waals surface area contributed by atoms with Crippen LogP contribution in [0.5, 0.6) is 0 Å². The Hall–Kier alpha value is -1.73. The highest BCUT2D eigenvalue weighted by molar-refractivity contribution is 5.78. The Bertz CT molecular complexity index is 557. The molecule has 7 heteroatoms. The van der Waals surface area contributed by atoms with E-state index in [2.05, 4.69) is 20.2 Å². The highest BCUT2D eigenvalue weighted by Crippen LogP contribution is 2.24. The highest BCUT2D eigenvalue weighted by Gasteiger charge is 2.23. The predicted octanol–water partition coefficient (Wildman–Crippen LogP) is 0.196. The fourth-order valence-electron chi connectivity index (χ4n) is 3.19. The van der Waals surface area contributed by atoms with Gasteiger partial charge in [0.15, 0.2) is 0 Å². The number of rotatable bonds is 5. The minimum atomic E-state index is 0.0622. The summed E-state index contributed by atoms with van der Waals surface area (Å²) in [6.45, 7) is 3.42. The molecule has 1 amide bonds. The van der Waals surface area contributed by atoms with E-state index in [4.69, 9.17) is 4.74 Å². The molecule has 1 N–H and O–H groups in total. The molecule has 2 aliphatic rings. The van der Waals surface area contributed by atoms with Crippen LogP contribution < -0.4 is 10.2 Å². The van der Waals surface area contributed by atoms with Gasteiger partial charge >= 0.3 is 0 Å². The van der Waals surface area contributed by atoms with E-state index in [1.54, 1.807) is 6.33 Å². The lowest BCUT2D eigenvalue weighted by Crippen LogP contribution is -2.42. The number of anilines is 1. The van der Waals surface area contributed by atoms with Crippen molar-refractivity contribution in [1.82, 2.24) is 20.2 Å². The molecule has 3 rings (SSSR count). The zero-order chi connectivity index (χ0) is 16.2. The molecule has 23 heavy (non-hydrogen) atoms. The fourth-order valence-corrected chi connectivity index (χ4v) is 3.19. The monoisotopic (exact) mass is 319 g/mol. The van der Waals surface area contributed by atoms with Gasteiger partial charge in [-0.2, -0.15) is 0 Å². The van der Waals surface area contributed by atoms with Crippen molar-refractivity contribution in [2.75, 3.05) is 45.2 Å². The molecule has 0 bridgehead atoms. The number of nitrogens with zero attached hydrogens (tertiary/aromatic N) is 4. The molecule has 7 nitrogen and oxygen atoms in total. The van der Waals surface area contributed by atoms with Crippen LogP contribution >= 0.6 is 0 Å². The van der Waals surface area contributed by atoms with Crippen LogP contribution in [0.1, 0.15) is 24.1 Å². The summed E-state index contributed by atoms with van der Waals surface area (Å²) in [6.07, 6.45) is 4.81. The fraction of sp³-hybridized carbons (Fsp3) is 0.688. The van der Waals surface area contributed by atoms with Gasteiger partial charge in [-0.3, -0.25) is 9.69 Å². The van der Waals surface area contributed by atoms with E-state index >= 15 is 0 Å². The zero-order valence-corrected chi connectivity index (χ0v) is 13.9. The Morgan fingerprint density at radius 1 is 1.48 bits per heavy atom. The SMILES string of the molecule is CN(C)c1ncnc2c1CN(CC(=O)NC[C@@H]1CCCO1)CC2. The van der Waals surface area contributed by atoms with Gasteiger partial charge in [-0.1, -0.05) is 0 Å². The summed E-state index contributed by atoms with van der Waals surface area (Å²) in [5, 5.41) is 2.99. The van der Waals surface area contributed by atoms with Crippen molar-refractivity contribution >= 4 is 11.7 Å². The highest BCUT2D eigenvalue weighted by atomic mass is 16.5. The number of fused-ring (bicyclic) bond motifs is 1. The second-order valence-electron chi connectivity index (χ2n) is 6.42. The molecule has 1 atom stereocenters. The van der Waals surface area contributed by atoms with Crippen LogP contribution in [0.3, 0.4) is 0 Å². The Morgan fingerprint density at radius 2 is 2.35 bits per heavy atom. The molecule has 1 saturated heterocycles. The minimum absolute atomic E-state index is 0.0622. The van der Waals surface area contributed by atoms with Gasteiger partial charge in [0.2, 0.25) is 5.91 Å². The van der Waals surface area contributed by atoms with E-state index in [0.29, 0.717) is 13.1 Å². The quantitative estimate of drug-likeness (QED) is 0.836. The van der Waals surface area contributed by atoms with Crippen LogP contribution in [0.25, 0.3) is 0 Å². The van der Waals surface area contributed by atoms with E-state index in [1.807, 2.05) is 19.0 Å². The topological polar surface area (TPSA) is 70.6 Å². The number of carbonyl (C=O) groups excluding carboxylic acids is 1. The van der Waals surface area contributed by atoms with Crippen molar-refractivity contribution in [2.24, 2.45) is 0 Å². The van der Waals surface area contributed by atoms with Crippen molar-refractivity contribution in [3.63, 3.8) is 0 Å². The Balaban J connectivity index is 1.55. The maximum absolute atomic E-state index is 12.1. The first kappa shape index (κ1) is 16.1. The summed E-state index contributed by atoms with van der Waals surface area (Å²) < 4.78 is 5.53. The molecule has 2 aliphatic heterocycles. The number of amides is 1. The van der Waals surface area contributed by atoms with E-state index in [0.717, 1.165) is 56.0 Å². The zero-order valence-electron chi connectivity index (χ0n) is 13.9. The van der Waals surface area contributed by atoms with Crippen molar-refractivity contribution < 1.29 is 9.53 Å². The molecular formula is C16H25N5O2. The van der Waals surface area contributed by atoms with Crippen LogP contribution in [-0.2, 0) is 22.5 Å². The summed E-state index contributed by atoms with van der Waals surface area (Å²) >= 11 is 0. The number of hydrogen-bond donors (Lipinski definition) is 1. The molecule has 0 spiro atoms. The summed E-state index contributed by atoms with van der Waals surface area (Å²) in [6, 6.07) is 0. The molecular weight excluding hydrogens is 294 g/mol. The van der Waals surface area contributed by atoms with Crippen molar-refractivity contribution in [3.05, 3.63) is 17.6 Å². The normalized spacial score (nSPS) is 21.0. The van der Waals surface area contributed by atoms with E-state index in [1.165, 1.54) is 0 Å². The van der Waals surface area contributed by atoms with Crippen LogP contribution in [0.4, 0.5) is 5.82 Å². The second kappa shape index (κ2) is 7.23. The summed E-state index contributed by atoms with van der Waals surface area (Å²) in [5.74, 6) is 1.01. The van der Waals surface area contributed by atoms with Gasteiger partial charge in [-0.25, -0.2) is 9.97 Å². The first-order chi connectivity index (χ1) is 11.1. The molecule has 1 aromatic heterocycles. The van der Waals surface area contributed by atoms with Crippen LogP contribution in [-0.4, -0.2) is 67.2 Å². The molecule has 0 saturated carbocycles. The Labute approximate surface area is 137 Å². The van der Waals surface area contributed by atoms with Crippen molar-refractivity contribution in [2.45, 2.75) is 31.9 Å². The first-order valence-electron chi connectivity index (χ1n) is 8.24. The molecule has 0 aliphatic carbocycles. The third-order valence-electron chi connectivity index (χ3n) is 4.40. The lowest BCUT2D eigenvalue weighted by atomic mass is 10.1. The van der Waals surface area contributed by atoms with Gasteiger partial charge in [0.05, 0.1) is 18.3 Å². The number of carbonyl (C=O) groups is 1. The number of aromatic nitrogens is 2. The van der Waals surface area contributed by atoms with Gasteiger partial charge in [-0.15, -0.1) is 0 Å². The number of nitrogens with one attached hydrogen (secondary N) is 1. The molecule has 1 aromatic rings. The third kappa shape index (κ3) is 3.97. The van der Waals surface area contributed by atoms with Crippen LogP contribution in [0.2, 0.25) is 0 Å². The predicted molar refractivity (Wildman–Crippen MR) is 87.3 cm³/mol. The lowest BCUT2D eigenvalue weighted by molar-refractivity contribution is -0.123. The van der Waals surface area contributed by atoms with Gasteiger partial charge in [0, 0.05) is 52.3 Å². The van der Waals surface area contributed by atoms with Crippen molar-refractivity contribution in [3.8, 4) is 0 Å². The standard InChI is InChI=1S/C16H25N5O2/c1-20(2)16-13-9-21(6-5-14(13)18-11-19-16)10-15(22)17-8-12-4-3-7-23-12/h11-12H,3-10H2,1-2H3,(H,17,22)/t12-/m0/s1. The largest absolute Gasteiger partial charge is 0.376 e. The van der Waals surface area contributed by atoms with Gasteiger partial charge in [0.25, 0.3) is 0 Å². The summed E-state index contributed by atoms with van der Waals surface area (Å²) in [7, 11) is 3.96. The average Bonchev–Trinajstić information content (AvgIpc) is 3.05. The molecule has 1 fully saturated rings. The Morgan fingerprint density at radius 3 is 3.09 bits per heavy atom. The minimum Gasteiger partial charge on any atom is -0.376 e. The maximum atomic E-state index is 12.1. The van der Waals surface area contributed by atoms with Gasteiger partial charge in [-0.05, 0) is 12.8 Å². The second-order valence-corrected chi connectivity index (χ2v) is 6.42. The van der Waals surface area contributed by atoms with E-state index in [-0.39, 0.29) is 12.0 Å².